The highest BCUT2D eigenvalue weighted by molar-refractivity contribution is 5.94. The number of hydrogen-bond donors (Lipinski definition) is 1. The lowest BCUT2D eigenvalue weighted by Crippen LogP contribution is -2.42. The largest absolute Gasteiger partial charge is 0.493 e. The van der Waals surface area contributed by atoms with Gasteiger partial charge in [0.15, 0.2) is 0 Å². The van der Waals surface area contributed by atoms with Crippen molar-refractivity contribution in [3.8, 4) is 5.75 Å². The summed E-state index contributed by atoms with van der Waals surface area (Å²) in [7, 11) is 1.67. The van der Waals surface area contributed by atoms with Gasteiger partial charge in [-0.2, -0.15) is 0 Å². The number of hydrogen-bond acceptors (Lipinski definition) is 4. The minimum atomic E-state index is 0. The molecule has 24 heavy (non-hydrogen) atoms. The van der Waals surface area contributed by atoms with Gasteiger partial charge in [-0.25, -0.2) is 0 Å². The summed E-state index contributed by atoms with van der Waals surface area (Å²) in [5.74, 6) is 1.34. The number of piperidine rings is 1. The molecule has 2 rings (SSSR count). The Kier molecular flexibility index (Phi) is 9.11. The molecule has 0 radical (unpaired) electrons. The first kappa shape index (κ1) is 20.7. The van der Waals surface area contributed by atoms with Gasteiger partial charge in [0.2, 0.25) is 0 Å². The van der Waals surface area contributed by atoms with E-state index in [2.05, 4.69) is 0 Å². The van der Waals surface area contributed by atoms with Gasteiger partial charge in [0, 0.05) is 44.8 Å². The molecule has 1 aliphatic rings. The first-order valence-electron chi connectivity index (χ1n) is 8.38. The van der Waals surface area contributed by atoms with E-state index in [1.54, 1.807) is 7.11 Å². The minimum absolute atomic E-state index is 0. The van der Waals surface area contributed by atoms with Crippen molar-refractivity contribution in [1.82, 2.24) is 4.90 Å². The lowest BCUT2D eigenvalue weighted by molar-refractivity contribution is 0.0680. The van der Waals surface area contributed by atoms with Crippen LogP contribution in [0.2, 0.25) is 0 Å². The zero-order valence-electron chi connectivity index (χ0n) is 14.6. The van der Waals surface area contributed by atoms with Gasteiger partial charge < -0.3 is 20.1 Å². The van der Waals surface area contributed by atoms with E-state index in [4.69, 9.17) is 15.2 Å². The number of methoxy groups -OCH3 is 1. The Balaban J connectivity index is 0.00000288. The molecule has 0 saturated carbocycles. The van der Waals surface area contributed by atoms with Crippen LogP contribution in [0.25, 0.3) is 0 Å². The Bertz CT molecular complexity index is 503. The van der Waals surface area contributed by atoms with Crippen LogP contribution in [-0.2, 0) is 4.74 Å². The topological polar surface area (TPSA) is 64.8 Å². The SMILES string of the molecule is COCCCOc1cccc(C(=O)N2CCC(C(C)N)CC2)c1.Cl. The molecule has 136 valence electrons. The van der Waals surface area contributed by atoms with Crippen LogP contribution >= 0.6 is 12.4 Å². The van der Waals surface area contributed by atoms with Crippen molar-refractivity contribution in [2.75, 3.05) is 33.4 Å². The summed E-state index contributed by atoms with van der Waals surface area (Å²) in [4.78, 5) is 14.5. The van der Waals surface area contributed by atoms with E-state index in [0.717, 1.165) is 38.1 Å². The molecular weight excluding hydrogens is 328 g/mol. The van der Waals surface area contributed by atoms with Crippen LogP contribution in [0.15, 0.2) is 24.3 Å². The lowest BCUT2D eigenvalue weighted by Gasteiger charge is -2.33. The maximum Gasteiger partial charge on any atom is 0.253 e. The average molecular weight is 357 g/mol. The van der Waals surface area contributed by atoms with Crippen molar-refractivity contribution in [2.24, 2.45) is 11.7 Å². The average Bonchev–Trinajstić information content (AvgIpc) is 2.58. The number of amides is 1. The summed E-state index contributed by atoms with van der Waals surface area (Å²) in [5.41, 5.74) is 6.65. The van der Waals surface area contributed by atoms with Gasteiger partial charge in [0.25, 0.3) is 5.91 Å². The van der Waals surface area contributed by atoms with E-state index in [-0.39, 0.29) is 24.4 Å². The quantitative estimate of drug-likeness (QED) is 0.763. The predicted octanol–water partition coefficient (Wildman–Crippen LogP) is 2.72. The van der Waals surface area contributed by atoms with Crippen LogP contribution in [0.1, 0.15) is 36.5 Å². The molecule has 0 aromatic heterocycles. The molecule has 1 unspecified atom stereocenters. The van der Waals surface area contributed by atoms with Crippen molar-refractivity contribution >= 4 is 18.3 Å². The molecule has 0 spiro atoms. The first-order valence-corrected chi connectivity index (χ1v) is 8.38. The van der Waals surface area contributed by atoms with Gasteiger partial charge in [-0.3, -0.25) is 4.79 Å². The van der Waals surface area contributed by atoms with Crippen LogP contribution in [0.5, 0.6) is 5.75 Å². The van der Waals surface area contributed by atoms with E-state index in [9.17, 15) is 4.79 Å². The van der Waals surface area contributed by atoms with Gasteiger partial charge in [0.05, 0.1) is 6.61 Å². The Morgan fingerprint density at radius 1 is 1.33 bits per heavy atom. The smallest absolute Gasteiger partial charge is 0.253 e. The maximum absolute atomic E-state index is 12.6. The number of nitrogens with two attached hydrogens (primary N) is 1. The van der Waals surface area contributed by atoms with Crippen LogP contribution in [0.4, 0.5) is 0 Å². The number of benzene rings is 1. The number of nitrogens with zero attached hydrogens (tertiary/aromatic N) is 1. The Hall–Kier alpha value is -1.30. The standard InChI is InChI=1S/C18H28N2O3.ClH/c1-14(19)15-7-9-20(10-8-15)18(21)16-5-3-6-17(13-16)23-12-4-11-22-2;/h3,5-6,13-15H,4,7-12,19H2,1-2H3;1H. The Morgan fingerprint density at radius 2 is 2.04 bits per heavy atom. The summed E-state index contributed by atoms with van der Waals surface area (Å²) < 4.78 is 10.7. The summed E-state index contributed by atoms with van der Waals surface area (Å²) in [6, 6.07) is 7.63. The number of ether oxygens (including phenoxy) is 2. The minimum Gasteiger partial charge on any atom is -0.493 e. The molecule has 2 N–H and O–H groups in total. The molecule has 0 aliphatic carbocycles. The van der Waals surface area contributed by atoms with Crippen molar-refractivity contribution in [3.63, 3.8) is 0 Å². The molecule has 5 nitrogen and oxygen atoms in total. The normalized spacial score (nSPS) is 16.4. The van der Waals surface area contributed by atoms with Gasteiger partial charge in [-0.05, 0) is 43.9 Å². The summed E-state index contributed by atoms with van der Waals surface area (Å²) in [6.07, 6.45) is 2.80. The highest BCUT2D eigenvalue weighted by atomic mass is 35.5. The first-order chi connectivity index (χ1) is 11.1. The number of carbonyl (C=O) groups excluding carboxylic acids is 1. The monoisotopic (exact) mass is 356 g/mol. The summed E-state index contributed by atoms with van der Waals surface area (Å²) in [5, 5.41) is 0. The molecular formula is C18H29ClN2O3. The van der Waals surface area contributed by atoms with E-state index in [0.29, 0.717) is 24.7 Å². The van der Waals surface area contributed by atoms with E-state index in [1.165, 1.54) is 0 Å². The predicted molar refractivity (Wildman–Crippen MR) is 98.0 cm³/mol. The van der Waals surface area contributed by atoms with Crippen molar-refractivity contribution < 1.29 is 14.3 Å². The van der Waals surface area contributed by atoms with Crippen molar-refractivity contribution in [1.29, 1.82) is 0 Å². The molecule has 1 aromatic carbocycles. The zero-order chi connectivity index (χ0) is 16.7. The third-order valence-electron chi connectivity index (χ3n) is 4.41. The zero-order valence-corrected chi connectivity index (χ0v) is 15.4. The van der Waals surface area contributed by atoms with Gasteiger partial charge in [0.1, 0.15) is 5.75 Å². The molecule has 0 bridgehead atoms. The van der Waals surface area contributed by atoms with E-state index >= 15 is 0 Å². The van der Waals surface area contributed by atoms with Gasteiger partial charge in [-0.15, -0.1) is 12.4 Å². The maximum atomic E-state index is 12.6. The van der Waals surface area contributed by atoms with Crippen LogP contribution in [0, 0.1) is 5.92 Å². The van der Waals surface area contributed by atoms with Crippen LogP contribution in [-0.4, -0.2) is 50.3 Å². The Morgan fingerprint density at radius 3 is 2.67 bits per heavy atom. The lowest BCUT2D eigenvalue weighted by atomic mass is 9.90. The number of halogens is 1. The van der Waals surface area contributed by atoms with Crippen molar-refractivity contribution in [3.05, 3.63) is 29.8 Å². The molecule has 1 aromatic rings. The van der Waals surface area contributed by atoms with Gasteiger partial charge >= 0.3 is 0 Å². The third kappa shape index (κ3) is 5.96. The fourth-order valence-electron chi connectivity index (χ4n) is 2.92. The summed E-state index contributed by atoms with van der Waals surface area (Å²) >= 11 is 0. The fraction of sp³-hybridized carbons (Fsp3) is 0.611. The second-order valence-corrected chi connectivity index (χ2v) is 6.21. The van der Waals surface area contributed by atoms with Crippen LogP contribution in [0.3, 0.4) is 0 Å². The third-order valence-corrected chi connectivity index (χ3v) is 4.41. The van der Waals surface area contributed by atoms with E-state index in [1.807, 2.05) is 36.1 Å². The molecule has 1 heterocycles. The summed E-state index contributed by atoms with van der Waals surface area (Å²) in [6.45, 7) is 4.87. The number of likely N-dealkylation sites (tertiary alicyclic amines) is 1. The molecule has 1 aliphatic heterocycles. The molecule has 6 heteroatoms. The second-order valence-electron chi connectivity index (χ2n) is 6.21. The Labute approximate surface area is 150 Å². The van der Waals surface area contributed by atoms with Crippen LogP contribution < -0.4 is 10.5 Å². The van der Waals surface area contributed by atoms with E-state index < -0.39 is 0 Å². The number of carbonyl (C=O) groups is 1. The molecule has 1 amide bonds. The molecule has 1 saturated heterocycles. The van der Waals surface area contributed by atoms with Crippen molar-refractivity contribution in [2.45, 2.75) is 32.2 Å². The molecule has 1 fully saturated rings. The van der Waals surface area contributed by atoms with Gasteiger partial charge in [-0.1, -0.05) is 6.07 Å². The highest BCUT2D eigenvalue weighted by Gasteiger charge is 2.25. The highest BCUT2D eigenvalue weighted by Crippen LogP contribution is 2.22. The fourth-order valence-corrected chi connectivity index (χ4v) is 2.92. The second kappa shape index (κ2) is 10.5. The number of rotatable bonds is 7. The molecule has 1 atom stereocenters.